The van der Waals surface area contributed by atoms with Crippen molar-refractivity contribution in [2.24, 2.45) is 0 Å². The largest absolute Gasteiger partial charge is 0.395 e. The lowest BCUT2D eigenvalue weighted by atomic mass is 10.6. The Morgan fingerprint density at radius 1 is 1.86 bits per heavy atom. The summed E-state index contributed by atoms with van der Waals surface area (Å²) < 4.78 is 0. The summed E-state index contributed by atoms with van der Waals surface area (Å²) in [6.07, 6.45) is 1.59. The number of nitrogen functional groups attached to an aromatic ring is 1. The second-order valence-corrected chi connectivity index (χ2v) is 1.59. The molecule has 0 aliphatic carbocycles. The number of H-pyrrole nitrogens is 1. The quantitative estimate of drug-likeness (QED) is 0.425. The van der Waals surface area contributed by atoms with Crippen LogP contribution in [0.25, 0.3) is 0 Å². The van der Waals surface area contributed by atoms with Gasteiger partial charge in [0.1, 0.15) is 5.03 Å². The number of aromatic amines is 1. The van der Waals surface area contributed by atoms with E-state index in [1.807, 2.05) is 0 Å². The maximum Gasteiger partial charge on any atom is 0.138 e. The van der Waals surface area contributed by atoms with Crippen LogP contribution in [0.2, 0.25) is 0 Å². The molecule has 7 heavy (non-hydrogen) atoms. The number of nitrogens with two attached hydrogens (primary N) is 1. The van der Waals surface area contributed by atoms with Crippen molar-refractivity contribution in [2.45, 2.75) is 5.03 Å². The van der Waals surface area contributed by atoms with Crippen LogP contribution in [0.5, 0.6) is 0 Å². The Hall–Kier alpha value is -0.640. The van der Waals surface area contributed by atoms with Crippen molar-refractivity contribution in [2.75, 3.05) is 5.73 Å². The monoisotopic (exact) mass is 115 g/mol. The Labute approximate surface area is 46.3 Å². The number of nitrogens with zero attached hydrogens (tertiary/aromatic N) is 1. The van der Waals surface area contributed by atoms with Crippen LogP contribution >= 0.6 is 12.6 Å². The van der Waals surface area contributed by atoms with Crippen LogP contribution < -0.4 is 5.73 Å². The third-order valence-electron chi connectivity index (χ3n) is 0.649. The molecule has 3 nitrogen and oxygen atoms in total. The first-order chi connectivity index (χ1) is 3.30. The van der Waals surface area contributed by atoms with Crippen molar-refractivity contribution in [1.29, 1.82) is 0 Å². The third-order valence-corrected chi connectivity index (χ3v) is 1.01. The molecule has 38 valence electrons. The van der Waals surface area contributed by atoms with Crippen LogP contribution in [0.4, 0.5) is 5.69 Å². The number of anilines is 1. The number of aromatic nitrogens is 2. The molecular formula is C3H5N3S. The Morgan fingerprint density at radius 3 is 2.71 bits per heavy atom. The van der Waals surface area contributed by atoms with Crippen molar-refractivity contribution in [3.05, 3.63) is 6.20 Å². The number of thiol groups is 1. The normalized spacial score (nSPS) is 9.29. The van der Waals surface area contributed by atoms with E-state index in [-0.39, 0.29) is 0 Å². The number of hydrogen-bond donors (Lipinski definition) is 3. The maximum atomic E-state index is 5.27. The molecule has 1 heterocycles. The van der Waals surface area contributed by atoms with Crippen molar-refractivity contribution in [3.8, 4) is 0 Å². The van der Waals surface area contributed by atoms with Gasteiger partial charge in [0, 0.05) is 6.20 Å². The van der Waals surface area contributed by atoms with Gasteiger partial charge in [-0.15, -0.1) is 12.6 Å². The molecule has 1 aromatic heterocycles. The summed E-state index contributed by atoms with van der Waals surface area (Å²) in [6, 6.07) is 0. The summed E-state index contributed by atoms with van der Waals surface area (Å²) in [6.45, 7) is 0. The van der Waals surface area contributed by atoms with Gasteiger partial charge < -0.3 is 5.73 Å². The minimum atomic E-state index is 0.556. The van der Waals surface area contributed by atoms with Crippen LogP contribution in [0, 0.1) is 0 Å². The minimum absolute atomic E-state index is 0.556. The summed E-state index contributed by atoms with van der Waals surface area (Å²) >= 11 is 3.88. The molecule has 0 atom stereocenters. The highest BCUT2D eigenvalue weighted by molar-refractivity contribution is 7.80. The fraction of sp³-hybridized carbons (Fsp3) is 0. The fourth-order valence-corrected chi connectivity index (χ4v) is 0.414. The smallest absolute Gasteiger partial charge is 0.138 e. The van der Waals surface area contributed by atoms with Gasteiger partial charge in [-0.1, -0.05) is 0 Å². The van der Waals surface area contributed by atoms with Gasteiger partial charge >= 0.3 is 0 Å². The molecule has 3 N–H and O–H groups in total. The van der Waals surface area contributed by atoms with Gasteiger partial charge in [-0.05, 0) is 0 Å². The molecule has 4 heteroatoms. The van der Waals surface area contributed by atoms with E-state index in [0.29, 0.717) is 10.7 Å². The zero-order valence-electron chi connectivity index (χ0n) is 3.55. The average molecular weight is 115 g/mol. The van der Waals surface area contributed by atoms with Crippen molar-refractivity contribution < 1.29 is 0 Å². The zero-order chi connectivity index (χ0) is 5.28. The van der Waals surface area contributed by atoms with Gasteiger partial charge in [0.2, 0.25) is 0 Å². The summed E-state index contributed by atoms with van der Waals surface area (Å²) in [5.74, 6) is 0. The molecule has 0 saturated heterocycles. The molecule has 0 radical (unpaired) electrons. The highest BCUT2D eigenvalue weighted by atomic mass is 32.1. The summed E-state index contributed by atoms with van der Waals surface area (Å²) in [5, 5.41) is 6.73. The minimum Gasteiger partial charge on any atom is -0.395 e. The SMILES string of the molecule is Nc1c[nH]nc1S. The molecule has 0 amide bonds. The summed E-state index contributed by atoms with van der Waals surface area (Å²) in [5.41, 5.74) is 5.86. The number of hydrogen-bond acceptors (Lipinski definition) is 3. The molecular weight excluding hydrogens is 110 g/mol. The standard InChI is InChI=1S/C3H5N3S/c4-2-1-5-6-3(2)7/h1H,4H2,(H2,5,6,7). The Morgan fingerprint density at radius 2 is 2.57 bits per heavy atom. The van der Waals surface area contributed by atoms with Crippen LogP contribution in [0.15, 0.2) is 11.2 Å². The van der Waals surface area contributed by atoms with E-state index >= 15 is 0 Å². The molecule has 1 aromatic rings. The van der Waals surface area contributed by atoms with Crippen molar-refractivity contribution >= 4 is 18.3 Å². The second kappa shape index (κ2) is 1.46. The van der Waals surface area contributed by atoms with Gasteiger partial charge in [0.15, 0.2) is 0 Å². The van der Waals surface area contributed by atoms with Crippen LogP contribution in [0.3, 0.4) is 0 Å². The van der Waals surface area contributed by atoms with E-state index in [0.717, 1.165) is 0 Å². The molecule has 1 rings (SSSR count). The maximum absolute atomic E-state index is 5.27. The highest BCUT2D eigenvalue weighted by Crippen LogP contribution is 2.08. The van der Waals surface area contributed by atoms with E-state index in [1.54, 1.807) is 6.20 Å². The average Bonchev–Trinajstić information content (AvgIpc) is 1.91. The van der Waals surface area contributed by atoms with Crippen molar-refractivity contribution in [3.63, 3.8) is 0 Å². The molecule has 0 bridgehead atoms. The molecule has 0 aliphatic heterocycles. The molecule has 0 aromatic carbocycles. The first-order valence-electron chi connectivity index (χ1n) is 1.79. The molecule has 0 spiro atoms. The Balaban J connectivity index is 3.12. The lowest BCUT2D eigenvalue weighted by molar-refractivity contribution is 1.01. The third kappa shape index (κ3) is 0.691. The van der Waals surface area contributed by atoms with Gasteiger partial charge in [0.05, 0.1) is 5.69 Å². The van der Waals surface area contributed by atoms with E-state index in [2.05, 4.69) is 22.8 Å². The summed E-state index contributed by atoms with van der Waals surface area (Å²) in [4.78, 5) is 0. The van der Waals surface area contributed by atoms with E-state index in [9.17, 15) is 0 Å². The molecule has 0 fully saturated rings. The van der Waals surface area contributed by atoms with Gasteiger partial charge in [-0.2, -0.15) is 5.10 Å². The van der Waals surface area contributed by atoms with Crippen molar-refractivity contribution in [1.82, 2.24) is 10.2 Å². The highest BCUT2D eigenvalue weighted by Gasteiger charge is 1.90. The van der Waals surface area contributed by atoms with Gasteiger partial charge in [-0.25, -0.2) is 0 Å². The van der Waals surface area contributed by atoms with Gasteiger partial charge in [0.25, 0.3) is 0 Å². The first-order valence-corrected chi connectivity index (χ1v) is 2.23. The molecule has 0 saturated carbocycles. The summed E-state index contributed by atoms with van der Waals surface area (Å²) in [7, 11) is 0. The van der Waals surface area contributed by atoms with Crippen LogP contribution in [-0.2, 0) is 0 Å². The van der Waals surface area contributed by atoms with Crippen LogP contribution in [0.1, 0.15) is 0 Å². The fourth-order valence-electron chi connectivity index (χ4n) is 0.292. The number of nitrogens with one attached hydrogen (secondary N) is 1. The lowest BCUT2D eigenvalue weighted by Gasteiger charge is -1.77. The molecule has 0 unspecified atom stereocenters. The van der Waals surface area contributed by atoms with Crippen LogP contribution in [-0.4, -0.2) is 10.2 Å². The van der Waals surface area contributed by atoms with E-state index in [1.165, 1.54) is 0 Å². The lowest BCUT2D eigenvalue weighted by Crippen LogP contribution is -1.79. The number of rotatable bonds is 0. The first kappa shape index (κ1) is 4.52. The molecule has 0 aliphatic rings. The predicted molar refractivity (Wildman–Crippen MR) is 30.3 cm³/mol. The Kier molecular flexibility index (Phi) is 0.941. The van der Waals surface area contributed by atoms with Gasteiger partial charge in [-0.3, -0.25) is 5.10 Å². The van der Waals surface area contributed by atoms with E-state index < -0.39 is 0 Å². The second-order valence-electron chi connectivity index (χ2n) is 1.16. The van der Waals surface area contributed by atoms with E-state index in [4.69, 9.17) is 5.73 Å². The Bertz CT molecular complexity index is 142. The topological polar surface area (TPSA) is 54.7 Å². The zero-order valence-corrected chi connectivity index (χ0v) is 4.44. The predicted octanol–water partition coefficient (Wildman–Crippen LogP) is 0.281.